The topological polar surface area (TPSA) is 77.8 Å². The second-order valence-electron chi connectivity index (χ2n) is 6.69. The summed E-state index contributed by atoms with van der Waals surface area (Å²) in [6, 6.07) is 13.9. The van der Waals surface area contributed by atoms with Crippen molar-refractivity contribution in [3.8, 4) is 11.5 Å². The molecular formula is C20H14F2N4O3S. The van der Waals surface area contributed by atoms with Crippen molar-refractivity contribution in [2.24, 2.45) is 0 Å². The molecule has 2 aromatic carbocycles. The summed E-state index contributed by atoms with van der Waals surface area (Å²) >= 11 is 1.23. The minimum Gasteiger partial charge on any atom is -0.395 e. The number of thioether (sulfide) groups is 1. The van der Waals surface area contributed by atoms with Crippen LogP contribution in [-0.4, -0.2) is 32.6 Å². The zero-order valence-corrected chi connectivity index (χ0v) is 16.4. The maximum absolute atomic E-state index is 13.1. The Bertz CT molecular complexity index is 1310. The van der Waals surface area contributed by atoms with Gasteiger partial charge in [0.25, 0.3) is 0 Å². The van der Waals surface area contributed by atoms with Gasteiger partial charge >= 0.3 is 6.29 Å². The molecule has 0 bridgehead atoms. The number of alkyl halides is 2. The number of carbonyl (C=O) groups excluding carboxylic acids is 1. The van der Waals surface area contributed by atoms with Gasteiger partial charge in [-0.1, -0.05) is 30.0 Å². The van der Waals surface area contributed by atoms with Crippen molar-refractivity contribution < 1.29 is 23.0 Å². The number of nitrogens with one attached hydrogen (secondary N) is 1. The number of hydrogen-bond acceptors (Lipinski definition) is 6. The molecule has 3 heterocycles. The molecule has 4 aromatic rings. The number of aryl methyl sites for hydroxylation is 1. The maximum atomic E-state index is 13.1. The van der Waals surface area contributed by atoms with Gasteiger partial charge in [0, 0.05) is 17.1 Å². The quantitative estimate of drug-likeness (QED) is 0.490. The number of amides is 1. The highest BCUT2D eigenvalue weighted by atomic mass is 32.2. The molecule has 0 saturated carbocycles. The zero-order chi connectivity index (χ0) is 20.9. The van der Waals surface area contributed by atoms with Crippen molar-refractivity contribution >= 4 is 39.9 Å². The molecule has 1 aliphatic heterocycles. The van der Waals surface area contributed by atoms with E-state index in [-0.39, 0.29) is 23.2 Å². The summed E-state index contributed by atoms with van der Waals surface area (Å²) in [6.45, 7) is 2.01. The van der Waals surface area contributed by atoms with Crippen molar-refractivity contribution in [2.75, 3.05) is 11.1 Å². The highest BCUT2D eigenvalue weighted by Gasteiger charge is 2.43. The third kappa shape index (κ3) is 3.28. The number of benzene rings is 2. The summed E-state index contributed by atoms with van der Waals surface area (Å²) in [5.74, 6) is -0.466. The smallest absolute Gasteiger partial charge is 0.395 e. The lowest BCUT2D eigenvalue weighted by Crippen LogP contribution is -2.25. The molecule has 1 aliphatic rings. The normalized spacial score (nSPS) is 14.4. The van der Waals surface area contributed by atoms with Gasteiger partial charge in [-0.3, -0.25) is 9.20 Å². The highest BCUT2D eigenvalue weighted by Crippen LogP contribution is 2.42. The van der Waals surface area contributed by atoms with E-state index in [9.17, 15) is 13.6 Å². The van der Waals surface area contributed by atoms with Crippen molar-refractivity contribution in [2.45, 2.75) is 18.4 Å². The van der Waals surface area contributed by atoms with Gasteiger partial charge in [0.15, 0.2) is 22.3 Å². The number of para-hydroxylation sites is 1. The van der Waals surface area contributed by atoms with E-state index in [1.165, 1.54) is 30.0 Å². The Kier molecular flexibility index (Phi) is 4.24. The van der Waals surface area contributed by atoms with Crippen LogP contribution in [0.5, 0.6) is 11.5 Å². The number of ether oxygens (including phenoxy) is 2. The van der Waals surface area contributed by atoms with Crippen molar-refractivity contribution in [1.82, 2.24) is 14.6 Å². The Morgan fingerprint density at radius 2 is 1.93 bits per heavy atom. The lowest BCUT2D eigenvalue weighted by atomic mass is 10.1. The third-order valence-corrected chi connectivity index (χ3v) is 5.52. The summed E-state index contributed by atoms with van der Waals surface area (Å²) in [7, 11) is 0. The average molecular weight is 428 g/mol. The predicted molar refractivity (Wildman–Crippen MR) is 107 cm³/mol. The monoisotopic (exact) mass is 428 g/mol. The van der Waals surface area contributed by atoms with Crippen LogP contribution in [-0.2, 0) is 4.79 Å². The Labute approximate surface area is 173 Å². The molecule has 0 unspecified atom stereocenters. The number of carbonyl (C=O) groups is 1. The Morgan fingerprint density at radius 1 is 1.13 bits per heavy atom. The molecule has 0 radical (unpaired) electrons. The van der Waals surface area contributed by atoms with Gasteiger partial charge in [-0.05, 0) is 36.8 Å². The molecular weight excluding hydrogens is 414 g/mol. The van der Waals surface area contributed by atoms with Gasteiger partial charge in [-0.25, -0.2) is 0 Å². The Hall–Kier alpha value is -3.40. The maximum Gasteiger partial charge on any atom is 0.586 e. The van der Waals surface area contributed by atoms with E-state index < -0.39 is 6.29 Å². The largest absolute Gasteiger partial charge is 0.586 e. The number of hydrogen-bond donors (Lipinski definition) is 1. The number of pyridine rings is 1. The predicted octanol–water partition coefficient (Wildman–Crippen LogP) is 4.24. The molecule has 7 nitrogen and oxygen atoms in total. The summed E-state index contributed by atoms with van der Waals surface area (Å²) in [4.78, 5) is 12.4. The van der Waals surface area contributed by atoms with Gasteiger partial charge in [0.1, 0.15) is 0 Å². The molecule has 10 heteroatoms. The molecule has 152 valence electrons. The second-order valence-corrected chi connectivity index (χ2v) is 7.63. The number of aromatic nitrogens is 3. The van der Waals surface area contributed by atoms with Crippen molar-refractivity contribution in [1.29, 1.82) is 0 Å². The van der Waals surface area contributed by atoms with Crippen LogP contribution in [0.25, 0.3) is 16.6 Å². The fraction of sp³-hybridized carbons (Fsp3) is 0.150. The molecule has 1 amide bonds. The Balaban J connectivity index is 1.33. The molecule has 0 spiro atoms. The molecule has 0 atom stereocenters. The van der Waals surface area contributed by atoms with Crippen LogP contribution < -0.4 is 14.8 Å². The van der Waals surface area contributed by atoms with Gasteiger partial charge in [0.2, 0.25) is 5.91 Å². The fourth-order valence-corrected chi connectivity index (χ4v) is 4.07. The van der Waals surface area contributed by atoms with Crippen LogP contribution in [0.15, 0.2) is 53.7 Å². The zero-order valence-electron chi connectivity index (χ0n) is 15.6. The van der Waals surface area contributed by atoms with Crippen LogP contribution in [0.3, 0.4) is 0 Å². The van der Waals surface area contributed by atoms with Gasteiger partial charge in [-0.2, -0.15) is 0 Å². The standard InChI is InChI=1S/C20H14F2N4O3S/c1-11-8-17-24-25-19(26(17)14-5-3-2-4-13(11)14)30-10-18(27)23-12-6-7-15-16(9-12)29-20(21,22)28-15/h2-9H,10H2,1H3,(H,23,27). The van der Waals surface area contributed by atoms with Crippen LogP contribution >= 0.6 is 11.8 Å². The van der Waals surface area contributed by atoms with Crippen LogP contribution in [0.4, 0.5) is 14.5 Å². The first-order chi connectivity index (χ1) is 14.4. The van der Waals surface area contributed by atoms with Gasteiger partial charge in [0.05, 0.1) is 11.3 Å². The van der Waals surface area contributed by atoms with E-state index in [2.05, 4.69) is 25.0 Å². The first kappa shape index (κ1) is 18.6. The minimum absolute atomic E-state index is 0.0631. The van der Waals surface area contributed by atoms with E-state index in [1.54, 1.807) is 0 Å². The summed E-state index contributed by atoms with van der Waals surface area (Å²) in [5, 5.41) is 12.7. The first-order valence-corrected chi connectivity index (χ1v) is 9.94. The number of rotatable bonds is 4. The van der Waals surface area contributed by atoms with Crippen molar-refractivity contribution in [3.05, 3.63) is 54.1 Å². The second kappa shape index (κ2) is 6.84. The summed E-state index contributed by atoms with van der Waals surface area (Å²) < 4.78 is 36.9. The third-order valence-electron chi connectivity index (χ3n) is 4.59. The lowest BCUT2D eigenvalue weighted by molar-refractivity contribution is -0.286. The van der Waals surface area contributed by atoms with Crippen LogP contribution in [0.1, 0.15) is 5.56 Å². The molecule has 1 N–H and O–H groups in total. The van der Waals surface area contributed by atoms with E-state index in [1.807, 2.05) is 41.7 Å². The molecule has 0 aliphatic carbocycles. The van der Waals surface area contributed by atoms with E-state index in [0.29, 0.717) is 16.5 Å². The number of fused-ring (bicyclic) bond motifs is 4. The fourth-order valence-electron chi connectivity index (χ4n) is 3.32. The summed E-state index contributed by atoms with van der Waals surface area (Å²) in [6.07, 6.45) is -3.70. The van der Waals surface area contributed by atoms with Crippen molar-refractivity contribution in [3.63, 3.8) is 0 Å². The molecule has 30 heavy (non-hydrogen) atoms. The molecule has 0 fully saturated rings. The Morgan fingerprint density at radius 3 is 2.80 bits per heavy atom. The van der Waals surface area contributed by atoms with Gasteiger partial charge < -0.3 is 14.8 Å². The lowest BCUT2D eigenvalue weighted by Gasteiger charge is -2.08. The number of nitrogens with zero attached hydrogens (tertiary/aromatic N) is 3. The summed E-state index contributed by atoms with van der Waals surface area (Å²) in [5.41, 5.74) is 3.07. The molecule has 2 aromatic heterocycles. The minimum atomic E-state index is -3.70. The number of anilines is 1. The first-order valence-electron chi connectivity index (χ1n) is 8.96. The van der Waals surface area contributed by atoms with Gasteiger partial charge in [-0.15, -0.1) is 19.0 Å². The van der Waals surface area contributed by atoms with Crippen LogP contribution in [0, 0.1) is 6.92 Å². The molecule has 0 saturated heterocycles. The molecule has 5 rings (SSSR count). The SMILES string of the molecule is Cc1cc2nnc(SCC(=O)Nc3ccc4c(c3)OC(F)(F)O4)n2c2ccccc12. The number of halogens is 2. The van der Waals surface area contributed by atoms with Crippen LogP contribution in [0.2, 0.25) is 0 Å². The highest BCUT2D eigenvalue weighted by molar-refractivity contribution is 7.99. The van der Waals surface area contributed by atoms with E-state index in [4.69, 9.17) is 0 Å². The van der Waals surface area contributed by atoms with E-state index >= 15 is 0 Å². The van der Waals surface area contributed by atoms with E-state index in [0.717, 1.165) is 16.5 Å². The average Bonchev–Trinajstić information content (AvgIpc) is 3.25.